The van der Waals surface area contributed by atoms with Crippen molar-refractivity contribution >= 4 is 16.6 Å². The van der Waals surface area contributed by atoms with Crippen molar-refractivity contribution in [1.29, 1.82) is 0 Å². The Kier molecular flexibility index (Phi) is 3.29. The van der Waals surface area contributed by atoms with Gasteiger partial charge >= 0.3 is 0 Å². The summed E-state index contributed by atoms with van der Waals surface area (Å²) < 4.78 is 16.9. The minimum absolute atomic E-state index is 0.108. The zero-order valence-electron chi connectivity index (χ0n) is 14.3. The maximum Gasteiger partial charge on any atom is 0.278 e. The largest absolute Gasteiger partial charge is 0.300 e. The molecule has 0 unspecified atom stereocenters. The number of aromatic nitrogens is 3. The smallest absolute Gasteiger partial charge is 0.278 e. The normalized spacial score (nSPS) is 12.2. The monoisotopic (exact) mass is 335 g/mol. The molecule has 2 aromatic carbocycles. The quantitative estimate of drug-likeness (QED) is 0.523. The van der Waals surface area contributed by atoms with Crippen LogP contribution in [-0.2, 0) is 5.54 Å². The minimum atomic E-state index is -0.386. The number of benzene rings is 2. The summed E-state index contributed by atoms with van der Waals surface area (Å²) in [5.41, 5.74) is 3.06. The van der Waals surface area contributed by atoms with E-state index in [9.17, 15) is 9.18 Å². The van der Waals surface area contributed by atoms with Gasteiger partial charge in [-0.3, -0.25) is 13.8 Å². The molecule has 4 rings (SSSR count). The molecule has 0 atom stereocenters. The number of rotatable bonds is 1. The van der Waals surface area contributed by atoms with Gasteiger partial charge in [0.15, 0.2) is 0 Å². The van der Waals surface area contributed by atoms with Crippen LogP contribution in [-0.4, -0.2) is 14.0 Å². The summed E-state index contributed by atoms with van der Waals surface area (Å²) in [4.78, 5) is 17.8. The highest BCUT2D eigenvalue weighted by molar-refractivity contribution is 5.85. The van der Waals surface area contributed by atoms with E-state index < -0.39 is 0 Å². The summed E-state index contributed by atoms with van der Waals surface area (Å²) >= 11 is 0. The van der Waals surface area contributed by atoms with Crippen LogP contribution in [0.25, 0.3) is 27.8 Å². The molecule has 0 amide bonds. The second kappa shape index (κ2) is 5.28. The van der Waals surface area contributed by atoms with Gasteiger partial charge in [-0.15, -0.1) is 0 Å². The van der Waals surface area contributed by atoms with Crippen LogP contribution in [0.15, 0.2) is 59.7 Å². The van der Waals surface area contributed by atoms with Gasteiger partial charge in [-0.25, -0.2) is 9.37 Å². The summed E-state index contributed by atoms with van der Waals surface area (Å²) in [5, 5.41) is 0. The molecule has 2 heterocycles. The fraction of sp³-hybridized carbons (Fsp3) is 0.200. The average Bonchev–Trinajstić information content (AvgIpc) is 3.00. The first-order valence-electron chi connectivity index (χ1n) is 8.15. The standard InChI is InChI=1S/C20H18FN3O/c1-20(2,3)24-16-7-5-4-6-15(16)23-12-22-17(18(23)19(24)25)13-8-10-14(21)11-9-13/h4-12H,1-3H3. The molecule has 0 radical (unpaired) electrons. The van der Waals surface area contributed by atoms with Crippen molar-refractivity contribution in [2.45, 2.75) is 26.3 Å². The Morgan fingerprint density at radius 3 is 2.24 bits per heavy atom. The molecule has 4 aromatic rings. The van der Waals surface area contributed by atoms with Gasteiger partial charge in [0.05, 0.1) is 11.0 Å². The topological polar surface area (TPSA) is 39.3 Å². The number of imidazole rings is 1. The van der Waals surface area contributed by atoms with Crippen molar-refractivity contribution in [2.75, 3.05) is 0 Å². The van der Waals surface area contributed by atoms with Crippen molar-refractivity contribution in [3.05, 3.63) is 71.0 Å². The van der Waals surface area contributed by atoms with Gasteiger partial charge in [0, 0.05) is 11.1 Å². The van der Waals surface area contributed by atoms with E-state index in [1.54, 1.807) is 23.0 Å². The lowest BCUT2D eigenvalue weighted by molar-refractivity contribution is 0.399. The van der Waals surface area contributed by atoms with Crippen molar-refractivity contribution < 1.29 is 4.39 Å². The van der Waals surface area contributed by atoms with Crippen molar-refractivity contribution in [1.82, 2.24) is 14.0 Å². The molecule has 0 aliphatic heterocycles. The molecule has 4 nitrogen and oxygen atoms in total. The van der Waals surface area contributed by atoms with Crippen molar-refractivity contribution in [3.63, 3.8) is 0 Å². The molecular weight excluding hydrogens is 317 g/mol. The second-order valence-corrected chi connectivity index (χ2v) is 7.12. The van der Waals surface area contributed by atoms with Gasteiger partial charge in [0.1, 0.15) is 23.4 Å². The number of halogens is 1. The molecule has 0 saturated carbocycles. The number of hydrogen-bond acceptors (Lipinski definition) is 2. The Labute approximate surface area is 144 Å². The molecular formula is C20H18FN3O. The molecule has 0 aliphatic carbocycles. The molecule has 0 saturated heterocycles. The number of fused-ring (bicyclic) bond motifs is 3. The maximum absolute atomic E-state index is 13.3. The zero-order chi connectivity index (χ0) is 17.8. The zero-order valence-corrected chi connectivity index (χ0v) is 14.3. The second-order valence-electron chi connectivity index (χ2n) is 7.12. The number of para-hydroxylation sites is 2. The summed E-state index contributed by atoms with van der Waals surface area (Å²) in [6.45, 7) is 6.02. The Balaban J connectivity index is 2.19. The van der Waals surface area contributed by atoms with Crippen LogP contribution >= 0.6 is 0 Å². The van der Waals surface area contributed by atoms with Crippen molar-refractivity contribution in [2.24, 2.45) is 0 Å². The summed E-state index contributed by atoms with van der Waals surface area (Å²) in [7, 11) is 0. The fourth-order valence-corrected chi connectivity index (χ4v) is 3.29. The van der Waals surface area contributed by atoms with E-state index in [0.717, 1.165) is 16.6 Å². The van der Waals surface area contributed by atoms with Crippen LogP contribution in [0.4, 0.5) is 4.39 Å². The summed E-state index contributed by atoms with van der Waals surface area (Å²) in [6, 6.07) is 13.8. The number of hydrogen-bond donors (Lipinski definition) is 0. The van der Waals surface area contributed by atoms with E-state index in [1.165, 1.54) is 12.1 Å². The van der Waals surface area contributed by atoms with Gasteiger partial charge < -0.3 is 0 Å². The lowest BCUT2D eigenvalue weighted by atomic mass is 10.1. The van der Waals surface area contributed by atoms with E-state index in [2.05, 4.69) is 4.98 Å². The highest BCUT2D eigenvalue weighted by Crippen LogP contribution is 2.26. The van der Waals surface area contributed by atoms with Gasteiger partial charge in [-0.05, 0) is 57.2 Å². The molecule has 0 bridgehead atoms. The maximum atomic E-state index is 13.3. The lowest BCUT2D eigenvalue weighted by Gasteiger charge is -2.25. The van der Waals surface area contributed by atoms with Crippen LogP contribution in [0, 0.1) is 5.82 Å². The first kappa shape index (κ1) is 15.6. The van der Waals surface area contributed by atoms with E-state index >= 15 is 0 Å². The third-order valence-corrected chi connectivity index (χ3v) is 4.34. The molecule has 0 N–H and O–H groups in total. The fourth-order valence-electron chi connectivity index (χ4n) is 3.29. The first-order valence-corrected chi connectivity index (χ1v) is 8.15. The Morgan fingerprint density at radius 2 is 1.60 bits per heavy atom. The van der Waals surface area contributed by atoms with Crippen molar-refractivity contribution in [3.8, 4) is 11.3 Å². The summed E-state index contributed by atoms with van der Waals surface area (Å²) in [6.07, 6.45) is 1.66. The van der Waals surface area contributed by atoms with Crippen LogP contribution in [0.2, 0.25) is 0 Å². The SMILES string of the molecule is CC(C)(C)n1c(=O)c2c(-c3ccc(F)cc3)ncn2c2ccccc21. The van der Waals surface area contributed by atoms with Gasteiger partial charge in [0.25, 0.3) is 5.56 Å². The molecule has 5 heteroatoms. The van der Waals surface area contributed by atoms with Crippen LogP contribution in [0.5, 0.6) is 0 Å². The van der Waals surface area contributed by atoms with E-state index in [1.807, 2.05) is 49.4 Å². The van der Waals surface area contributed by atoms with E-state index in [-0.39, 0.29) is 16.9 Å². The van der Waals surface area contributed by atoms with Crippen LogP contribution in [0.3, 0.4) is 0 Å². The first-order chi connectivity index (χ1) is 11.9. The number of nitrogens with zero attached hydrogens (tertiary/aromatic N) is 3. The lowest BCUT2D eigenvalue weighted by Crippen LogP contribution is -2.35. The van der Waals surface area contributed by atoms with Gasteiger partial charge in [0.2, 0.25) is 0 Å². The van der Waals surface area contributed by atoms with Gasteiger partial charge in [-0.2, -0.15) is 0 Å². The Bertz CT molecular complexity index is 1150. The Hall–Kier alpha value is -2.95. The molecule has 126 valence electrons. The highest BCUT2D eigenvalue weighted by atomic mass is 19.1. The van der Waals surface area contributed by atoms with Crippen LogP contribution in [0.1, 0.15) is 20.8 Å². The molecule has 25 heavy (non-hydrogen) atoms. The van der Waals surface area contributed by atoms with Gasteiger partial charge in [-0.1, -0.05) is 12.1 Å². The van der Waals surface area contributed by atoms with E-state index in [0.29, 0.717) is 11.2 Å². The predicted octanol–water partition coefficient (Wildman–Crippen LogP) is 4.21. The molecule has 0 aliphatic rings. The average molecular weight is 335 g/mol. The minimum Gasteiger partial charge on any atom is -0.300 e. The summed E-state index contributed by atoms with van der Waals surface area (Å²) in [5.74, 6) is -0.315. The molecule has 2 aromatic heterocycles. The third-order valence-electron chi connectivity index (χ3n) is 4.34. The Morgan fingerprint density at radius 1 is 0.960 bits per heavy atom. The molecule has 0 fully saturated rings. The highest BCUT2D eigenvalue weighted by Gasteiger charge is 2.23. The predicted molar refractivity (Wildman–Crippen MR) is 97.3 cm³/mol. The molecule has 0 spiro atoms. The van der Waals surface area contributed by atoms with E-state index in [4.69, 9.17) is 0 Å². The third kappa shape index (κ3) is 2.35. The van der Waals surface area contributed by atoms with Crippen LogP contribution < -0.4 is 5.56 Å².